The van der Waals surface area contributed by atoms with Gasteiger partial charge < -0.3 is 19.6 Å². The number of rotatable bonds is 4. The first-order chi connectivity index (χ1) is 24.7. The molecular formula is C47H42N4. The smallest absolute Gasteiger partial charge is 0.0655 e. The Kier molecular flexibility index (Phi) is 7.01. The molecule has 0 aromatic heterocycles. The fourth-order valence-corrected chi connectivity index (χ4v) is 8.34. The summed E-state index contributed by atoms with van der Waals surface area (Å²) in [5, 5.41) is 0. The average Bonchev–Trinajstić information content (AvgIpc) is 3.39. The summed E-state index contributed by atoms with van der Waals surface area (Å²) >= 11 is 0. The van der Waals surface area contributed by atoms with Crippen LogP contribution >= 0.6 is 0 Å². The van der Waals surface area contributed by atoms with E-state index in [1.807, 2.05) is 0 Å². The lowest BCUT2D eigenvalue weighted by Crippen LogP contribution is -2.24. The van der Waals surface area contributed by atoms with Gasteiger partial charge in [-0.15, -0.1) is 0 Å². The monoisotopic (exact) mass is 662 g/mol. The first-order valence-corrected chi connectivity index (χ1v) is 17.8. The third-order valence-electron chi connectivity index (χ3n) is 11.3. The van der Waals surface area contributed by atoms with Crippen LogP contribution in [-0.2, 0) is 5.41 Å². The van der Waals surface area contributed by atoms with Crippen LogP contribution in [0.1, 0.15) is 47.2 Å². The van der Waals surface area contributed by atoms with Gasteiger partial charge in [-0.1, -0.05) is 111 Å². The number of anilines is 8. The molecule has 0 amide bonds. The van der Waals surface area contributed by atoms with Gasteiger partial charge in [0.2, 0.25) is 0 Å². The molecule has 9 rings (SSSR count). The van der Waals surface area contributed by atoms with Crippen molar-refractivity contribution < 1.29 is 0 Å². The minimum Gasteiger partial charge on any atom is -0.341 e. The van der Waals surface area contributed by atoms with E-state index in [2.05, 4.69) is 207 Å². The molecule has 4 heteroatoms. The van der Waals surface area contributed by atoms with Crippen molar-refractivity contribution >= 4 is 69.8 Å². The van der Waals surface area contributed by atoms with Crippen molar-refractivity contribution in [3.63, 3.8) is 0 Å². The highest BCUT2D eigenvalue weighted by molar-refractivity contribution is 5.95. The van der Waals surface area contributed by atoms with Gasteiger partial charge in [0.25, 0.3) is 0 Å². The summed E-state index contributed by atoms with van der Waals surface area (Å²) in [5.41, 5.74) is 19.9. The quantitative estimate of drug-likeness (QED) is 0.174. The lowest BCUT2D eigenvalue weighted by molar-refractivity contribution is 0.660. The maximum Gasteiger partial charge on any atom is 0.0655 e. The third-order valence-corrected chi connectivity index (χ3v) is 11.3. The van der Waals surface area contributed by atoms with Crippen molar-refractivity contribution in [3.8, 4) is 11.1 Å². The highest BCUT2D eigenvalue weighted by atomic mass is 15.2. The summed E-state index contributed by atoms with van der Waals surface area (Å²) in [6, 6.07) is 44.5. The second-order valence-corrected chi connectivity index (χ2v) is 14.6. The van der Waals surface area contributed by atoms with Gasteiger partial charge in [-0.05, 0) is 93.0 Å². The van der Waals surface area contributed by atoms with E-state index < -0.39 is 0 Å². The van der Waals surface area contributed by atoms with Gasteiger partial charge in [-0.3, -0.25) is 0 Å². The van der Waals surface area contributed by atoms with Crippen molar-refractivity contribution in [2.45, 2.75) is 19.3 Å². The SMILES string of the molecule is CN1c2ccccc2N(C)c2cc(/C=C/c3ccc4c(c3)C(C)(C)c3cc(/C=C/c5ccc6c(c5)N(C)c5ccccc5N6C)ccc3-4)ccc21. The molecule has 0 atom stereocenters. The molecule has 0 saturated heterocycles. The Morgan fingerprint density at radius 3 is 1.02 bits per heavy atom. The number of benzene rings is 6. The molecule has 3 aliphatic rings. The Morgan fingerprint density at radius 1 is 0.353 bits per heavy atom. The van der Waals surface area contributed by atoms with Crippen molar-refractivity contribution in [1.29, 1.82) is 0 Å². The molecule has 6 aromatic carbocycles. The van der Waals surface area contributed by atoms with Gasteiger partial charge >= 0.3 is 0 Å². The maximum absolute atomic E-state index is 2.38. The van der Waals surface area contributed by atoms with E-state index in [1.165, 1.54) is 90.0 Å². The lowest BCUT2D eigenvalue weighted by Gasteiger charge is -2.36. The Labute approximate surface area is 301 Å². The fraction of sp³-hybridized carbons (Fsp3) is 0.149. The zero-order valence-corrected chi connectivity index (χ0v) is 30.1. The van der Waals surface area contributed by atoms with Crippen LogP contribution in [0.25, 0.3) is 35.4 Å². The summed E-state index contributed by atoms with van der Waals surface area (Å²) in [6.07, 6.45) is 8.98. The van der Waals surface area contributed by atoms with Gasteiger partial charge in [0.15, 0.2) is 0 Å². The van der Waals surface area contributed by atoms with E-state index >= 15 is 0 Å². The van der Waals surface area contributed by atoms with E-state index in [1.54, 1.807) is 0 Å². The molecule has 0 saturated carbocycles. The van der Waals surface area contributed by atoms with E-state index in [9.17, 15) is 0 Å². The lowest BCUT2D eigenvalue weighted by atomic mass is 9.81. The molecule has 250 valence electrons. The van der Waals surface area contributed by atoms with Gasteiger partial charge in [0, 0.05) is 33.6 Å². The van der Waals surface area contributed by atoms with E-state index in [0.29, 0.717) is 0 Å². The zero-order chi connectivity index (χ0) is 35.0. The summed E-state index contributed by atoms with van der Waals surface area (Å²) in [4.78, 5) is 9.16. The van der Waals surface area contributed by atoms with Gasteiger partial charge in [0.1, 0.15) is 0 Å². The summed E-state index contributed by atoms with van der Waals surface area (Å²) in [7, 11) is 8.61. The molecule has 0 bridgehead atoms. The number of nitrogens with zero attached hydrogens (tertiary/aromatic N) is 4. The summed E-state index contributed by atoms with van der Waals surface area (Å²) in [5.74, 6) is 0. The summed E-state index contributed by atoms with van der Waals surface area (Å²) < 4.78 is 0. The molecule has 0 fully saturated rings. The van der Waals surface area contributed by atoms with Crippen molar-refractivity contribution in [3.05, 3.63) is 155 Å². The highest BCUT2D eigenvalue weighted by Crippen LogP contribution is 2.50. The minimum absolute atomic E-state index is 0.0998. The van der Waals surface area contributed by atoms with Crippen LogP contribution in [0, 0.1) is 0 Å². The molecular weight excluding hydrogens is 621 g/mol. The van der Waals surface area contributed by atoms with Crippen LogP contribution in [0.15, 0.2) is 121 Å². The number of hydrogen-bond acceptors (Lipinski definition) is 4. The van der Waals surface area contributed by atoms with E-state index in [0.717, 1.165) is 0 Å². The van der Waals surface area contributed by atoms with Gasteiger partial charge in [-0.25, -0.2) is 0 Å². The van der Waals surface area contributed by atoms with Crippen LogP contribution in [0.5, 0.6) is 0 Å². The first kappa shape index (κ1) is 31.0. The molecule has 0 unspecified atom stereocenters. The normalized spacial score (nSPS) is 15.1. The Hall–Kier alpha value is -6.00. The third kappa shape index (κ3) is 4.89. The molecule has 0 spiro atoms. The largest absolute Gasteiger partial charge is 0.341 e. The maximum atomic E-state index is 2.38. The van der Waals surface area contributed by atoms with Crippen LogP contribution in [0.3, 0.4) is 0 Å². The molecule has 0 radical (unpaired) electrons. The molecule has 4 nitrogen and oxygen atoms in total. The van der Waals surface area contributed by atoms with Crippen LogP contribution in [0.2, 0.25) is 0 Å². The van der Waals surface area contributed by atoms with E-state index in [4.69, 9.17) is 0 Å². The standard InChI is InChI=1S/C47H42N4/c1-47(2)37-27-31(15-17-33-21-25-43-45(29-33)50(5)41-13-9-7-11-39(41)48(43)3)19-23-35(37)36-24-20-32(28-38(36)47)16-18-34-22-26-44-46(30-34)51(6)42-14-10-8-12-40(42)49(44)4/h7-30H,1-6H3/b17-15+,18-16+. The van der Waals surface area contributed by atoms with Crippen LogP contribution in [-0.4, -0.2) is 28.2 Å². The predicted molar refractivity (Wildman–Crippen MR) is 220 cm³/mol. The van der Waals surface area contributed by atoms with Gasteiger partial charge in [-0.2, -0.15) is 0 Å². The topological polar surface area (TPSA) is 13.0 Å². The zero-order valence-electron chi connectivity index (χ0n) is 30.1. The predicted octanol–water partition coefficient (Wildman–Crippen LogP) is 12.0. The van der Waals surface area contributed by atoms with Crippen molar-refractivity contribution in [2.24, 2.45) is 0 Å². The Balaban J connectivity index is 0.961. The molecule has 1 aliphatic carbocycles. The van der Waals surface area contributed by atoms with Gasteiger partial charge in [0.05, 0.1) is 45.5 Å². The molecule has 51 heavy (non-hydrogen) atoms. The van der Waals surface area contributed by atoms with Crippen molar-refractivity contribution in [1.82, 2.24) is 0 Å². The molecule has 2 aliphatic heterocycles. The fourth-order valence-electron chi connectivity index (χ4n) is 8.34. The average molecular weight is 663 g/mol. The van der Waals surface area contributed by atoms with E-state index in [-0.39, 0.29) is 5.41 Å². The molecule has 6 aromatic rings. The number of para-hydroxylation sites is 4. The molecule has 2 heterocycles. The summed E-state index contributed by atoms with van der Waals surface area (Å²) in [6.45, 7) is 4.72. The van der Waals surface area contributed by atoms with Crippen LogP contribution in [0.4, 0.5) is 45.5 Å². The number of hydrogen-bond donors (Lipinski definition) is 0. The first-order valence-electron chi connectivity index (χ1n) is 17.8. The molecule has 0 N–H and O–H groups in total. The Morgan fingerprint density at radius 2 is 0.647 bits per heavy atom. The number of fused-ring (bicyclic) bond motifs is 7. The second-order valence-electron chi connectivity index (χ2n) is 14.6. The minimum atomic E-state index is -0.0998. The van der Waals surface area contributed by atoms with Crippen LogP contribution < -0.4 is 19.6 Å². The Bertz CT molecular complexity index is 2260. The van der Waals surface area contributed by atoms with Crippen molar-refractivity contribution in [2.75, 3.05) is 47.8 Å². The highest BCUT2D eigenvalue weighted by Gasteiger charge is 2.35. The second kappa shape index (κ2) is 11.5.